The van der Waals surface area contributed by atoms with Crippen LogP contribution in [0.1, 0.15) is 15.9 Å². The lowest BCUT2D eigenvalue weighted by molar-refractivity contribution is 0.0696. The average Bonchev–Trinajstić information content (AvgIpc) is 2.63. The molecule has 0 spiro atoms. The molecule has 3 aromatic rings. The lowest BCUT2D eigenvalue weighted by atomic mass is 10.0. The van der Waals surface area contributed by atoms with Gasteiger partial charge < -0.3 is 5.11 Å². The van der Waals surface area contributed by atoms with E-state index in [1.807, 2.05) is 54.6 Å². The lowest BCUT2D eigenvalue weighted by Crippen LogP contribution is -1.97. The number of hydrazone groups is 1. The van der Waals surface area contributed by atoms with E-state index in [4.69, 9.17) is 5.11 Å². The molecule has 0 fully saturated rings. The van der Waals surface area contributed by atoms with Gasteiger partial charge in [-0.2, -0.15) is 5.10 Å². The first-order valence-electron chi connectivity index (χ1n) is 7.35. The zero-order valence-corrected chi connectivity index (χ0v) is 12.8. The average molecular weight is 317 g/mol. The summed E-state index contributed by atoms with van der Waals surface area (Å²) < 4.78 is 0. The lowest BCUT2D eigenvalue weighted by Gasteiger charge is -2.03. The number of carboxylic acid groups (broad SMARTS) is 1. The molecule has 0 unspecified atom stereocenters. The maximum Gasteiger partial charge on any atom is 0.337 e. The van der Waals surface area contributed by atoms with E-state index in [9.17, 15) is 4.79 Å². The van der Waals surface area contributed by atoms with Gasteiger partial charge in [0, 0.05) is 18.0 Å². The number of hydrogen-bond donors (Lipinski definition) is 2. The number of hydrogen-bond acceptors (Lipinski definition) is 4. The second-order valence-electron chi connectivity index (χ2n) is 5.13. The highest BCUT2D eigenvalue weighted by Crippen LogP contribution is 2.19. The molecule has 5 heteroatoms. The third kappa shape index (κ3) is 3.84. The van der Waals surface area contributed by atoms with Crippen LogP contribution >= 0.6 is 0 Å². The fraction of sp³-hybridized carbons (Fsp3) is 0. The Morgan fingerprint density at radius 1 is 1.00 bits per heavy atom. The van der Waals surface area contributed by atoms with Crippen molar-refractivity contribution in [3.63, 3.8) is 0 Å². The zero-order valence-electron chi connectivity index (χ0n) is 12.8. The summed E-state index contributed by atoms with van der Waals surface area (Å²) in [5, 5.41) is 13.2. The van der Waals surface area contributed by atoms with Gasteiger partial charge in [-0.25, -0.2) is 4.79 Å². The first kappa shape index (κ1) is 15.4. The number of nitrogens with zero attached hydrogens (tertiary/aromatic N) is 2. The number of carboxylic acids is 1. The van der Waals surface area contributed by atoms with Gasteiger partial charge in [-0.1, -0.05) is 42.5 Å². The van der Waals surface area contributed by atoms with E-state index in [-0.39, 0.29) is 5.56 Å². The van der Waals surface area contributed by atoms with Crippen LogP contribution in [0.4, 0.5) is 5.69 Å². The number of aromatic nitrogens is 1. The van der Waals surface area contributed by atoms with Crippen molar-refractivity contribution < 1.29 is 9.90 Å². The molecular formula is C19H15N3O2. The molecule has 0 radical (unpaired) electrons. The van der Waals surface area contributed by atoms with Crippen molar-refractivity contribution in [2.75, 3.05) is 5.43 Å². The van der Waals surface area contributed by atoms with E-state index in [1.165, 1.54) is 6.20 Å². The molecule has 2 N–H and O–H groups in total. The van der Waals surface area contributed by atoms with Crippen LogP contribution in [0.3, 0.4) is 0 Å². The molecule has 0 saturated carbocycles. The predicted octanol–water partition coefficient (Wildman–Crippen LogP) is 3.89. The highest BCUT2D eigenvalue weighted by Gasteiger charge is 2.05. The van der Waals surface area contributed by atoms with Gasteiger partial charge in [0.15, 0.2) is 0 Å². The monoisotopic (exact) mass is 317 g/mol. The Bertz CT molecular complexity index is 859. The number of benzene rings is 2. The van der Waals surface area contributed by atoms with Crippen molar-refractivity contribution >= 4 is 17.9 Å². The molecule has 24 heavy (non-hydrogen) atoms. The molecule has 118 valence electrons. The largest absolute Gasteiger partial charge is 0.478 e. The van der Waals surface area contributed by atoms with Gasteiger partial charge >= 0.3 is 5.97 Å². The fourth-order valence-electron chi connectivity index (χ4n) is 2.17. The van der Waals surface area contributed by atoms with Gasteiger partial charge in [0.25, 0.3) is 0 Å². The minimum atomic E-state index is -0.986. The van der Waals surface area contributed by atoms with E-state index in [0.717, 1.165) is 22.4 Å². The quantitative estimate of drug-likeness (QED) is 0.553. The van der Waals surface area contributed by atoms with E-state index in [2.05, 4.69) is 15.5 Å². The van der Waals surface area contributed by atoms with E-state index in [0.29, 0.717) is 0 Å². The van der Waals surface area contributed by atoms with E-state index in [1.54, 1.807) is 18.5 Å². The number of nitrogens with one attached hydrogen (secondary N) is 1. The SMILES string of the molecule is O=C(O)c1cncc(-c2ccc(C=NNc3ccccc3)cc2)c1. The molecule has 1 aromatic heterocycles. The third-order valence-electron chi connectivity index (χ3n) is 3.41. The standard InChI is InChI=1S/C19H15N3O2/c23-19(24)17-10-16(12-20-13-17)15-8-6-14(7-9-15)11-21-22-18-4-2-1-3-5-18/h1-13,22H,(H,23,24). The Labute approximate surface area is 139 Å². The Balaban J connectivity index is 1.71. The summed E-state index contributed by atoms with van der Waals surface area (Å²) in [6, 6.07) is 18.9. The maximum absolute atomic E-state index is 11.0. The van der Waals surface area contributed by atoms with Crippen LogP contribution in [0.5, 0.6) is 0 Å². The Morgan fingerprint density at radius 2 is 1.75 bits per heavy atom. The number of pyridine rings is 1. The van der Waals surface area contributed by atoms with Gasteiger partial charge in [-0.05, 0) is 29.3 Å². The van der Waals surface area contributed by atoms with Gasteiger partial charge in [0.05, 0.1) is 17.5 Å². The number of carbonyl (C=O) groups is 1. The molecule has 5 nitrogen and oxygen atoms in total. The minimum absolute atomic E-state index is 0.171. The number of aromatic carboxylic acids is 1. The van der Waals surface area contributed by atoms with Crippen LogP contribution in [0.2, 0.25) is 0 Å². The Morgan fingerprint density at radius 3 is 2.46 bits per heavy atom. The van der Waals surface area contributed by atoms with Crippen LogP contribution in [-0.4, -0.2) is 22.3 Å². The second kappa shape index (κ2) is 7.19. The molecule has 1 heterocycles. The van der Waals surface area contributed by atoms with Crippen LogP contribution < -0.4 is 5.43 Å². The molecule has 0 atom stereocenters. The smallest absolute Gasteiger partial charge is 0.337 e. The van der Waals surface area contributed by atoms with Crippen LogP contribution in [0, 0.1) is 0 Å². The molecule has 0 bridgehead atoms. The number of anilines is 1. The second-order valence-corrected chi connectivity index (χ2v) is 5.13. The topological polar surface area (TPSA) is 74.6 Å². The molecule has 0 aliphatic carbocycles. The van der Waals surface area contributed by atoms with E-state index >= 15 is 0 Å². The first-order chi connectivity index (χ1) is 11.7. The van der Waals surface area contributed by atoms with Gasteiger partial charge in [-0.3, -0.25) is 10.4 Å². The van der Waals surface area contributed by atoms with Crippen molar-refractivity contribution in [1.29, 1.82) is 0 Å². The van der Waals surface area contributed by atoms with Crippen molar-refractivity contribution in [2.24, 2.45) is 5.10 Å². The molecular weight excluding hydrogens is 302 g/mol. The number of rotatable bonds is 5. The van der Waals surface area contributed by atoms with Crippen molar-refractivity contribution in [2.45, 2.75) is 0 Å². The van der Waals surface area contributed by atoms with Crippen LogP contribution in [-0.2, 0) is 0 Å². The molecule has 3 rings (SSSR count). The van der Waals surface area contributed by atoms with Crippen molar-refractivity contribution in [1.82, 2.24) is 4.98 Å². The molecule has 2 aromatic carbocycles. The summed E-state index contributed by atoms with van der Waals surface area (Å²) in [7, 11) is 0. The molecule has 0 saturated heterocycles. The summed E-state index contributed by atoms with van der Waals surface area (Å²) in [4.78, 5) is 15.0. The van der Waals surface area contributed by atoms with Gasteiger partial charge in [-0.15, -0.1) is 0 Å². The first-order valence-corrected chi connectivity index (χ1v) is 7.35. The molecule has 0 aliphatic rings. The fourth-order valence-corrected chi connectivity index (χ4v) is 2.17. The zero-order chi connectivity index (χ0) is 16.8. The van der Waals surface area contributed by atoms with Crippen molar-refractivity contribution in [3.8, 4) is 11.1 Å². The van der Waals surface area contributed by atoms with E-state index < -0.39 is 5.97 Å². The molecule has 0 amide bonds. The maximum atomic E-state index is 11.0. The normalized spacial score (nSPS) is 10.7. The summed E-state index contributed by atoms with van der Waals surface area (Å²) in [5.41, 5.74) is 6.64. The van der Waals surface area contributed by atoms with Crippen LogP contribution in [0.15, 0.2) is 78.2 Å². The Hall–Kier alpha value is -3.47. The molecule has 0 aliphatic heterocycles. The summed E-state index contributed by atoms with van der Waals surface area (Å²) in [6.07, 6.45) is 4.71. The van der Waals surface area contributed by atoms with Crippen LogP contribution in [0.25, 0.3) is 11.1 Å². The van der Waals surface area contributed by atoms with Crippen molar-refractivity contribution in [3.05, 3.63) is 84.2 Å². The van der Waals surface area contributed by atoms with Gasteiger partial charge in [0.1, 0.15) is 0 Å². The highest BCUT2D eigenvalue weighted by atomic mass is 16.4. The minimum Gasteiger partial charge on any atom is -0.478 e. The van der Waals surface area contributed by atoms with Gasteiger partial charge in [0.2, 0.25) is 0 Å². The third-order valence-corrected chi connectivity index (χ3v) is 3.41. The predicted molar refractivity (Wildman–Crippen MR) is 94.3 cm³/mol. The Kier molecular flexibility index (Phi) is 4.62. The number of para-hydroxylation sites is 1. The summed E-state index contributed by atoms with van der Waals surface area (Å²) >= 11 is 0. The summed E-state index contributed by atoms with van der Waals surface area (Å²) in [6.45, 7) is 0. The highest BCUT2D eigenvalue weighted by molar-refractivity contribution is 5.89. The summed E-state index contributed by atoms with van der Waals surface area (Å²) in [5.74, 6) is -0.986.